The van der Waals surface area contributed by atoms with Crippen molar-refractivity contribution in [3.8, 4) is 0 Å². The first-order valence-corrected chi connectivity index (χ1v) is 9.32. The molecule has 1 fully saturated rings. The number of carbonyl (C=O) groups excluding carboxylic acids is 2. The van der Waals surface area contributed by atoms with Crippen molar-refractivity contribution < 1.29 is 19.1 Å². The molecule has 6 nitrogen and oxygen atoms in total. The molecule has 0 bridgehead atoms. The van der Waals surface area contributed by atoms with Gasteiger partial charge >= 0.3 is 5.97 Å². The Labute approximate surface area is 155 Å². The zero-order chi connectivity index (χ0) is 17.7. The summed E-state index contributed by atoms with van der Waals surface area (Å²) in [6.45, 7) is 5.02. The molecule has 1 aromatic heterocycles. The van der Waals surface area contributed by atoms with Gasteiger partial charge in [0.25, 0.3) is 5.91 Å². The number of esters is 1. The van der Waals surface area contributed by atoms with E-state index >= 15 is 0 Å². The van der Waals surface area contributed by atoms with Crippen LogP contribution in [0.1, 0.15) is 43.6 Å². The molecule has 2 atom stereocenters. The molecule has 0 spiro atoms. The third-order valence-electron chi connectivity index (χ3n) is 3.55. The molecule has 1 aliphatic heterocycles. The average molecular weight is 395 g/mol. The number of rotatable bonds is 7. The van der Waals surface area contributed by atoms with Gasteiger partial charge in [-0.3, -0.25) is 4.79 Å². The Morgan fingerprint density at radius 3 is 2.75 bits per heavy atom. The van der Waals surface area contributed by atoms with Crippen LogP contribution in [0.15, 0.2) is 0 Å². The highest BCUT2D eigenvalue weighted by Gasteiger charge is 2.28. The molecule has 1 N–H and O–H groups in total. The molecule has 2 rings (SSSR count). The van der Waals surface area contributed by atoms with Gasteiger partial charge in [-0.05, 0) is 36.7 Å². The summed E-state index contributed by atoms with van der Waals surface area (Å²) in [6, 6.07) is 0. The van der Waals surface area contributed by atoms with Crippen molar-refractivity contribution >= 4 is 46.6 Å². The molecule has 0 radical (unpaired) electrons. The van der Waals surface area contributed by atoms with Crippen LogP contribution in [0.25, 0.3) is 0 Å². The molecular formula is C15H20Cl2N2O4S. The van der Waals surface area contributed by atoms with E-state index in [0.717, 1.165) is 24.4 Å². The van der Waals surface area contributed by atoms with Crippen LogP contribution in [0.2, 0.25) is 9.36 Å². The molecule has 0 unspecified atom stereocenters. The summed E-state index contributed by atoms with van der Waals surface area (Å²) in [5, 5.41) is 2.84. The predicted octanol–water partition coefficient (Wildman–Crippen LogP) is 3.32. The fourth-order valence-corrected chi connectivity index (χ4v) is 3.32. The number of ether oxygens (including phenoxy) is 2. The second-order valence-corrected chi connectivity index (χ2v) is 7.78. The van der Waals surface area contributed by atoms with E-state index in [9.17, 15) is 9.59 Å². The topological polar surface area (TPSA) is 77.5 Å². The summed E-state index contributed by atoms with van der Waals surface area (Å²) in [4.78, 5) is 24.6. The molecule has 24 heavy (non-hydrogen) atoms. The Balaban J connectivity index is 1.97. The third-order valence-corrected chi connectivity index (χ3v) is 5.16. The van der Waals surface area contributed by atoms with Crippen LogP contribution in [0.5, 0.6) is 0 Å². The number of nitrogens with zero attached hydrogens (tertiary/aromatic N) is 1. The second kappa shape index (κ2) is 8.99. The van der Waals surface area contributed by atoms with Gasteiger partial charge in [0.15, 0.2) is 11.8 Å². The maximum atomic E-state index is 12.4. The van der Waals surface area contributed by atoms with E-state index < -0.39 is 12.1 Å². The molecule has 2 heterocycles. The van der Waals surface area contributed by atoms with Crippen molar-refractivity contribution in [2.24, 2.45) is 5.92 Å². The van der Waals surface area contributed by atoms with E-state index in [-0.39, 0.29) is 33.0 Å². The SMILES string of the molecule is CC(C)C[C@@H](OC(=O)c1nsc(Cl)c1Cl)C(=O)NC[C@@H]1CCCO1. The van der Waals surface area contributed by atoms with E-state index in [1.165, 1.54) is 0 Å². The fraction of sp³-hybridized carbons (Fsp3) is 0.667. The van der Waals surface area contributed by atoms with E-state index in [4.69, 9.17) is 32.7 Å². The van der Waals surface area contributed by atoms with Crippen LogP contribution in [0.3, 0.4) is 0 Å². The molecule has 134 valence electrons. The van der Waals surface area contributed by atoms with E-state index in [1.807, 2.05) is 13.8 Å². The Morgan fingerprint density at radius 2 is 2.21 bits per heavy atom. The molecule has 1 aromatic rings. The van der Waals surface area contributed by atoms with Crippen molar-refractivity contribution in [2.75, 3.05) is 13.2 Å². The molecule has 1 saturated heterocycles. The lowest BCUT2D eigenvalue weighted by atomic mass is 10.1. The van der Waals surface area contributed by atoms with Gasteiger partial charge in [0.2, 0.25) is 0 Å². The highest BCUT2D eigenvalue weighted by atomic mass is 35.5. The fourth-order valence-electron chi connectivity index (χ4n) is 2.34. The third kappa shape index (κ3) is 5.31. The number of hydrogen-bond acceptors (Lipinski definition) is 6. The summed E-state index contributed by atoms with van der Waals surface area (Å²) in [6.07, 6.45) is 1.43. The normalized spacial score (nSPS) is 18.6. The van der Waals surface area contributed by atoms with Gasteiger partial charge in [0, 0.05) is 13.2 Å². The van der Waals surface area contributed by atoms with E-state index in [2.05, 4.69) is 9.69 Å². The predicted molar refractivity (Wildman–Crippen MR) is 92.8 cm³/mol. The second-order valence-electron chi connectivity index (χ2n) is 6.02. The quantitative estimate of drug-likeness (QED) is 0.717. The molecule has 0 aromatic carbocycles. The summed E-state index contributed by atoms with van der Waals surface area (Å²) >= 11 is 12.6. The molecule has 1 amide bonds. The standard InChI is InChI=1S/C15H20Cl2N2O4S/c1-8(2)6-10(14(20)18-7-9-4-3-5-22-9)23-15(21)12-11(16)13(17)24-19-12/h8-10H,3-7H2,1-2H3,(H,18,20)/t9-,10+/m0/s1. The molecular weight excluding hydrogens is 375 g/mol. The first-order chi connectivity index (χ1) is 11.4. The largest absolute Gasteiger partial charge is 0.447 e. The number of carbonyl (C=O) groups is 2. The van der Waals surface area contributed by atoms with Crippen LogP contribution in [0, 0.1) is 5.92 Å². The van der Waals surface area contributed by atoms with Crippen LogP contribution in [-0.2, 0) is 14.3 Å². The van der Waals surface area contributed by atoms with Crippen molar-refractivity contribution in [3.63, 3.8) is 0 Å². The maximum Gasteiger partial charge on any atom is 0.360 e. The lowest BCUT2D eigenvalue weighted by Crippen LogP contribution is -2.41. The molecule has 0 saturated carbocycles. The van der Waals surface area contributed by atoms with Gasteiger partial charge in [-0.1, -0.05) is 37.0 Å². The van der Waals surface area contributed by atoms with Crippen LogP contribution in [0.4, 0.5) is 0 Å². The van der Waals surface area contributed by atoms with Crippen LogP contribution < -0.4 is 5.32 Å². The summed E-state index contributed by atoms with van der Waals surface area (Å²) in [7, 11) is 0. The Bertz CT molecular complexity index is 588. The Kier molecular flexibility index (Phi) is 7.28. The average Bonchev–Trinajstić information content (AvgIpc) is 3.15. The zero-order valence-electron chi connectivity index (χ0n) is 13.5. The van der Waals surface area contributed by atoms with Crippen molar-refractivity contribution in [1.82, 2.24) is 9.69 Å². The lowest BCUT2D eigenvalue weighted by molar-refractivity contribution is -0.131. The van der Waals surface area contributed by atoms with Crippen molar-refractivity contribution in [1.29, 1.82) is 0 Å². The summed E-state index contributed by atoms with van der Waals surface area (Å²) < 4.78 is 14.9. The van der Waals surface area contributed by atoms with Crippen LogP contribution in [-0.4, -0.2) is 41.6 Å². The molecule has 0 aliphatic carbocycles. The Hall–Kier alpha value is -0.890. The van der Waals surface area contributed by atoms with Crippen LogP contribution >= 0.6 is 34.7 Å². The van der Waals surface area contributed by atoms with Gasteiger partial charge in [0.05, 0.1) is 6.10 Å². The summed E-state index contributed by atoms with van der Waals surface area (Å²) in [5.74, 6) is -0.920. The van der Waals surface area contributed by atoms with Crippen molar-refractivity contribution in [3.05, 3.63) is 15.1 Å². The van der Waals surface area contributed by atoms with Gasteiger partial charge < -0.3 is 14.8 Å². The minimum Gasteiger partial charge on any atom is -0.447 e. The highest BCUT2D eigenvalue weighted by molar-refractivity contribution is 7.11. The van der Waals surface area contributed by atoms with Gasteiger partial charge in [-0.15, -0.1) is 0 Å². The number of nitrogens with one attached hydrogen (secondary N) is 1. The van der Waals surface area contributed by atoms with Gasteiger partial charge in [-0.2, -0.15) is 4.37 Å². The summed E-state index contributed by atoms with van der Waals surface area (Å²) in [5.41, 5.74) is -0.0626. The highest BCUT2D eigenvalue weighted by Crippen LogP contribution is 2.30. The van der Waals surface area contributed by atoms with Gasteiger partial charge in [-0.25, -0.2) is 4.79 Å². The maximum absolute atomic E-state index is 12.4. The monoisotopic (exact) mass is 394 g/mol. The number of halogens is 2. The Morgan fingerprint density at radius 1 is 1.46 bits per heavy atom. The van der Waals surface area contributed by atoms with E-state index in [0.29, 0.717) is 19.6 Å². The van der Waals surface area contributed by atoms with Gasteiger partial charge in [0.1, 0.15) is 9.36 Å². The first-order valence-electron chi connectivity index (χ1n) is 7.79. The zero-order valence-corrected chi connectivity index (χ0v) is 15.8. The lowest BCUT2D eigenvalue weighted by Gasteiger charge is -2.20. The number of amides is 1. The number of hydrogen-bond donors (Lipinski definition) is 1. The number of aromatic nitrogens is 1. The molecule has 1 aliphatic rings. The smallest absolute Gasteiger partial charge is 0.360 e. The minimum atomic E-state index is -0.907. The first kappa shape index (κ1) is 19.4. The van der Waals surface area contributed by atoms with E-state index in [1.54, 1.807) is 0 Å². The molecule has 9 heteroatoms. The van der Waals surface area contributed by atoms with Crippen molar-refractivity contribution in [2.45, 2.75) is 45.3 Å². The minimum absolute atomic E-state index is 0.0242.